The number of nitrogens with zero attached hydrogens (tertiary/aromatic N) is 2. The van der Waals surface area contributed by atoms with Gasteiger partial charge in [0.2, 0.25) is 10.0 Å². The number of carbonyl (C=O) groups excluding carboxylic acids is 1. The summed E-state index contributed by atoms with van der Waals surface area (Å²) in [5, 5.41) is 3.80. The Labute approximate surface area is 153 Å². The van der Waals surface area contributed by atoms with E-state index >= 15 is 0 Å². The van der Waals surface area contributed by atoms with E-state index in [4.69, 9.17) is 0 Å². The molecular weight excluding hydrogens is 413 g/mol. The lowest BCUT2D eigenvalue weighted by Gasteiger charge is -2.21. The van der Waals surface area contributed by atoms with Gasteiger partial charge in [-0.25, -0.2) is 18.2 Å². The molecule has 0 spiro atoms. The van der Waals surface area contributed by atoms with Crippen molar-refractivity contribution in [3.8, 4) is 0 Å². The summed E-state index contributed by atoms with van der Waals surface area (Å²) in [6, 6.07) is 12.1. The number of nitrogens with one attached hydrogen (secondary N) is 1. The lowest BCUT2D eigenvalue weighted by atomic mass is 10.2. The van der Waals surface area contributed by atoms with Gasteiger partial charge in [-0.3, -0.25) is 9.10 Å². The third-order valence-corrected chi connectivity index (χ3v) is 4.69. The predicted octanol–water partition coefficient (Wildman–Crippen LogP) is 2.50. The second-order valence-corrected chi connectivity index (χ2v) is 7.92. The number of halogens is 2. The van der Waals surface area contributed by atoms with Crippen LogP contribution in [0.4, 0.5) is 10.1 Å². The number of carbonyl (C=O) groups is 1. The summed E-state index contributed by atoms with van der Waals surface area (Å²) in [5.74, 6) is -1.12. The van der Waals surface area contributed by atoms with E-state index in [0.717, 1.165) is 32.7 Å². The standard InChI is InChI=1S/C16H15BrFN3O3S/c1-25(23,24)21(15-7-5-14(18)6-8-15)11-16(22)20-19-10-12-3-2-4-13(17)9-12/h2-10H,11H2,1H3,(H,20,22)/b19-10-. The summed E-state index contributed by atoms with van der Waals surface area (Å²) < 4.78 is 38.5. The molecule has 2 rings (SSSR count). The fraction of sp³-hybridized carbons (Fsp3) is 0.125. The highest BCUT2D eigenvalue weighted by Gasteiger charge is 2.20. The number of rotatable bonds is 6. The molecule has 0 unspecified atom stereocenters. The average Bonchev–Trinajstić information content (AvgIpc) is 2.53. The first-order chi connectivity index (χ1) is 11.8. The van der Waals surface area contributed by atoms with E-state index in [1.807, 2.05) is 12.1 Å². The molecule has 2 aromatic rings. The summed E-state index contributed by atoms with van der Waals surface area (Å²) in [6.45, 7) is -0.472. The Morgan fingerprint density at radius 2 is 1.96 bits per heavy atom. The van der Waals surface area contributed by atoms with Gasteiger partial charge in [-0.1, -0.05) is 28.1 Å². The highest BCUT2D eigenvalue weighted by Crippen LogP contribution is 2.17. The van der Waals surface area contributed by atoms with Gasteiger partial charge < -0.3 is 0 Å². The summed E-state index contributed by atoms with van der Waals surface area (Å²) in [6.07, 6.45) is 2.40. The zero-order valence-corrected chi connectivity index (χ0v) is 15.6. The van der Waals surface area contributed by atoms with Crippen LogP contribution in [0.5, 0.6) is 0 Å². The second-order valence-electron chi connectivity index (χ2n) is 5.09. The van der Waals surface area contributed by atoms with Gasteiger partial charge in [0.05, 0.1) is 18.2 Å². The molecule has 0 aliphatic rings. The van der Waals surface area contributed by atoms with E-state index in [9.17, 15) is 17.6 Å². The maximum absolute atomic E-state index is 13.0. The van der Waals surface area contributed by atoms with Gasteiger partial charge in [-0.15, -0.1) is 0 Å². The smallest absolute Gasteiger partial charge is 0.260 e. The Hall–Kier alpha value is -2.26. The van der Waals surface area contributed by atoms with E-state index in [0.29, 0.717) is 0 Å². The predicted molar refractivity (Wildman–Crippen MR) is 98.5 cm³/mol. The van der Waals surface area contributed by atoms with Crippen LogP contribution in [0.1, 0.15) is 5.56 Å². The van der Waals surface area contributed by atoms with Crippen LogP contribution in [0.15, 0.2) is 58.1 Å². The van der Waals surface area contributed by atoms with Crippen molar-refractivity contribution >= 4 is 43.8 Å². The van der Waals surface area contributed by atoms with E-state index in [1.165, 1.54) is 18.3 Å². The zero-order valence-electron chi connectivity index (χ0n) is 13.2. The minimum absolute atomic E-state index is 0.190. The van der Waals surface area contributed by atoms with E-state index < -0.39 is 28.3 Å². The molecule has 25 heavy (non-hydrogen) atoms. The van der Waals surface area contributed by atoms with Gasteiger partial charge in [0.1, 0.15) is 12.4 Å². The Bertz CT molecular complexity index is 886. The van der Waals surface area contributed by atoms with Crippen LogP contribution in [0.2, 0.25) is 0 Å². The van der Waals surface area contributed by atoms with Crippen molar-refractivity contribution < 1.29 is 17.6 Å². The SMILES string of the molecule is CS(=O)(=O)N(CC(=O)N/N=C\c1cccc(Br)c1)c1ccc(F)cc1. The maximum Gasteiger partial charge on any atom is 0.260 e. The van der Waals surface area contributed by atoms with Crippen molar-refractivity contribution in [2.75, 3.05) is 17.1 Å². The Morgan fingerprint density at radius 1 is 1.28 bits per heavy atom. The van der Waals surface area contributed by atoms with Crippen LogP contribution < -0.4 is 9.73 Å². The second kappa shape index (κ2) is 8.21. The fourth-order valence-corrected chi connectivity index (χ4v) is 3.21. The number of amides is 1. The van der Waals surface area contributed by atoms with Gasteiger partial charge in [0.15, 0.2) is 0 Å². The monoisotopic (exact) mass is 427 g/mol. The van der Waals surface area contributed by atoms with Crippen molar-refractivity contribution in [3.63, 3.8) is 0 Å². The van der Waals surface area contributed by atoms with Crippen LogP contribution in [-0.2, 0) is 14.8 Å². The molecule has 1 amide bonds. The van der Waals surface area contributed by atoms with Crippen LogP contribution in [-0.4, -0.2) is 33.3 Å². The van der Waals surface area contributed by atoms with E-state index in [2.05, 4.69) is 26.5 Å². The van der Waals surface area contributed by atoms with Crippen LogP contribution in [0, 0.1) is 5.82 Å². The molecule has 0 atom stereocenters. The number of anilines is 1. The molecule has 0 saturated heterocycles. The number of hydrazone groups is 1. The van der Waals surface area contributed by atoms with Gasteiger partial charge in [0, 0.05) is 4.47 Å². The van der Waals surface area contributed by atoms with Gasteiger partial charge >= 0.3 is 0 Å². The zero-order chi connectivity index (χ0) is 18.4. The topological polar surface area (TPSA) is 78.8 Å². The number of benzene rings is 2. The average molecular weight is 428 g/mol. The molecule has 0 aliphatic carbocycles. The highest BCUT2D eigenvalue weighted by molar-refractivity contribution is 9.10. The van der Waals surface area contributed by atoms with Crippen molar-refractivity contribution in [1.82, 2.24) is 5.43 Å². The molecule has 0 bridgehead atoms. The first-order valence-corrected chi connectivity index (χ1v) is 9.70. The molecular formula is C16H15BrFN3O3S. The third-order valence-electron chi connectivity index (χ3n) is 3.05. The Morgan fingerprint density at radius 3 is 2.56 bits per heavy atom. The normalized spacial score (nSPS) is 11.5. The van der Waals surface area contributed by atoms with Gasteiger partial charge in [-0.05, 0) is 42.0 Å². The maximum atomic E-state index is 13.0. The van der Waals surface area contributed by atoms with Gasteiger partial charge in [0.25, 0.3) is 5.91 Å². The molecule has 0 aromatic heterocycles. The summed E-state index contributed by atoms with van der Waals surface area (Å²) >= 11 is 3.32. The van der Waals surface area contributed by atoms with Crippen molar-refractivity contribution in [1.29, 1.82) is 0 Å². The third kappa shape index (κ3) is 5.95. The molecule has 9 heteroatoms. The quantitative estimate of drug-likeness (QED) is 0.568. The lowest BCUT2D eigenvalue weighted by molar-refractivity contribution is -0.119. The van der Waals surface area contributed by atoms with E-state index in [-0.39, 0.29) is 5.69 Å². The molecule has 132 valence electrons. The largest absolute Gasteiger partial charge is 0.271 e. The number of hydrogen-bond donors (Lipinski definition) is 1. The van der Waals surface area contributed by atoms with Crippen molar-refractivity contribution in [2.45, 2.75) is 0 Å². The highest BCUT2D eigenvalue weighted by atomic mass is 79.9. The molecule has 1 N–H and O–H groups in total. The lowest BCUT2D eigenvalue weighted by Crippen LogP contribution is -2.39. The van der Waals surface area contributed by atoms with Crippen molar-refractivity contribution in [2.24, 2.45) is 5.10 Å². The molecule has 6 nitrogen and oxygen atoms in total. The molecule has 0 fully saturated rings. The summed E-state index contributed by atoms with van der Waals surface area (Å²) in [4.78, 5) is 12.0. The molecule has 0 heterocycles. The molecule has 0 saturated carbocycles. The van der Waals surface area contributed by atoms with Crippen LogP contribution in [0.3, 0.4) is 0 Å². The number of hydrogen-bond acceptors (Lipinski definition) is 4. The van der Waals surface area contributed by atoms with E-state index in [1.54, 1.807) is 12.1 Å². The molecule has 0 aliphatic heterocycles. The number of sulfonamides is 1. The molecule has 2 aromatic carbocycles. The van der Waals surface area contributed by atoms with Crippen molar-refractivity contribution in [3.05, 3.63) is 64.4 Å². The Balaban J connectivity index is 2.06. The summed E-state index contributed by atoms with van der Waals surface area (Å²) in [5.41, 5.74) is 3.22. The van der Waals surface area contributed by atoms with Crippen LogP contribution >= 0.6 is 15.9 Å². The minimum Gasteiger partial charge on any atom is -0.271 e. The Kier molecular flexibility index (Phi) is 6.27. The molecule has 0 radical (unpaired) electrons. The first-order valence-electron chi connectivity index (χ1n) is 7.06. The fourth-order valence-electron chi connectivity index (χ4n) is 1.94. The van der Waals surface area contributed by atoms with Crippen LogP contribution in [0.25, 0.3) is 0 Å². The minimum atomic E-state index is -3.72. The first kappa shape index (κ1) is 19.1. The van der Waals surface area contributed by atoms with Gasteiger partial charge in [-0.2, -0.15) is 5.10 Å². The summed E-state index contributed by atoms with van der Waals surface area (Å²) in [7, 11) is -3.72.